The average molecular weight is 267 g/mol. The quantitative estimate of drug-likeness (QED) is 0.901. The first-order chi connectivity index (χ1) is 8.06. The lowest BCUT2D eigenvalue weighted by atomic mass is 10.3. The summed E-state index contributed by atoms with van der Waals surface area (Å²) in [5, 5.41) is 3.27. The van der Waals surface area contributed by atoms with Gasteiger partial charge in [-0.25, -0.2) is 4.98 Å². The molecule has 0 aliphatic carbocycles. The van der Waals surface area contributed by atoms with Crippen LogP contribution in [0.4, 0.5) is 5.82 Å². The third-order valence-corrected chi connectivity index (χ3v) is 3.74. The smallest absolute Gasteiger partial charge is 0.266 e. The first-order valence-electron chi connectivity index (χ1n) is 5.06. The molecule has 0 unspecified atom stereocenters. The van der Waals surface area contributed by atoms with Crippen molar-refractivity contribution < 1.29 is 4.79 Å². The number of nitrogens with zero attached hydrogens (tertiary/aromatic N) is 1. The molecule has 5 heteroatoms. The number of hydrogen-bond donors (Lipinski definition) is 1. The minimum absolute atomic E-state index is 0.152. The van der Waals surface area contributed by atoms with Crippen LogP contribution < -0.4 is 5.32 Å². The summed E-state index contributed by atoms with van der Waals surface area (Å²) < 4.78 is 0. The van der Waals surface area contributed by atoms with Gasteiger partial charge in [-0.2, -0.15) is 0 Å². The number of carbonyl (C=O) groups excluding carboxylic acids is 1. The van der Waals surface area contributed by atoms with Crippen molar-refractivity contribution in [2.75, 3.05) is 5.32 Å². The summed E-state index contributed by atoms with van der Waals surface area (Å²) in [5.41, 5.74) is 1.12. The van der Waals surface area contributed by atoms with Gasteiger partial charge in [-0.3, -0.25) is 4.79 Å². The second-order valence-corrected chi connectivity index (χ2v) is 5.36. The summed E-state index contributed by atoms with van der Waals surface area (Å²) >= 11 is 7.29. The monoisotopic (exact) mass is 266 g/mol. The number of rotatable bonds is 2. The van der Waals surface area contributed by atoms with Gasteiger partial charge in [0.15, 0.2) is 0 Å². The molecule has 0 atom stereocenters. The van der Waals surface area contributed by atoms with Crippen LogP contribution in [0.5, 0.6) is 0 Å². The maximum Gasteiger partial charge on any atom is 0.266 e. The fraction of sp³-hybridized carbons (Fsp3) is 0.167. The van der Waals surface area contributed by atoms with E-state index in [1.165, 1.54) is 11.3 Å². The molecule has 1 amide bonds. The number of amides is 1. The summed E-state index contributed by atoms with van der Waals surface area (Å²) in [5.74, 6) is 0.312. The number of aromatic nitrogens is 1. The fourth-order valence-corrected chi connectivity index (χ4v) is 2.43. The molecule has 0 fully saturated rings. The minimum atomic E-state index is -0.152. The van der Waals surface area contributed by atoms with Crippen molar-refractivity contribution in [2.24, 2.45) is 0 Å². The van der Waals surface area contributed by atoms with E-state index in [1.807, 2.05) is 19.9 Å². The third kappa shape index (κ3) is 2.84. The first-order valence-corrected chi connectivity index (χ1v) is 6.25. The number of aryl methyl sites for hydroxylation is 2. The number of thiophene rings is 1. The van der Waals surface area contributed by atoms with Crippen LogP contribution in [-0.2, 0) is 0 Å². The van der Waals surface area contributed by atoms with Crippen molar-refractivity contribution in [1.82, 2.24) is 4.98 Å². The van der Waals surface area contributed by atoms with E-state index in [9.17, 15) is 4.79 Å². The summed E-state index contributed by atoms with van der Waals surface area (Å²) in [7, 11) is 0. The van der Waals surface area contributed by atoms with Crippen molar-refractivity contribution in [3.63, 3.8) is 0 Å². The largest absolute Gasteiger partial charge is 0.306 e. The van der Waals surface area contributed by atoms with Gasteiger partial charge in [-0.1, -0.05) is 11.6 Å². The Balaban J connectivity index is 2.17. The Bertz CT molecular complexity index is 546. The Labute approximate surface area is 108 Å². The molecule has 0 bridgehead atoms. The first kappa shape index (κ1) is 12.1. The molecular formula is C12H11ClN2OS. The van der Waals surface area contributed by atoms with E-state index in [0.717, 1.165) is 10.4 Å². The molecule has 2 aromatic heterocycles. The maximum absolute atomic E-state index is 11.9. The summed E-state index contributed by atoms with van der Waals surface area (Å²) in [6, 6.07) is 5.16. The van der Waals surface area contributed by atoms with Crippen LogP contribution in [0, 0.1) is 13.8 Å². The highest BCUT2D eigenvalue weighted by molar-refractivity contribution is 7.14. The highest BCUT2D eigenvalue weighted by Gasteiger charge is 2.11. The predicted octanol–water partition coefficient (Wildman–Crippen LogP) is 3.67. The Morgan fingerprint density at radius 3 is 2.76 bits per heavy atom. The van der Waals surface area contributed by atoms with Crippen LogP contribution in [0.1, 0.15) is 20.1 Å². The number of nitrogens with one attached hydrogen (secondary N) is 1. The van der Waals surface area contributed by atoms with Gasteiger partial charge < -0.3 is 5.32 Å². The topological polar surface area (TPSA) is 42.0 Å². The van der Waals surface area contributed by atoms with Crippen LogP contribution >= 0.6 is 22.9 Å². The SMILES string of the molecule is Cc1cc(C(=O)Nc2cc(Cl)ccn2)sc1C. The maximum atomic E-state index is 11.9. The predicted molar refractivity (Wildman–Crippen MR) is 71.0 cm³/mol. The van der Waals surface area contributed by atoms with Crippen molar-refractivity contribution in [1.29, 1.82) is 0 Å². The van der Waals surface area contributed by atoms with Crippen LogP contribution in [0.25, 0.3) is 0 Å². The molecule has 0 saturated heterocycles. The van der Waals surface area contributed by atoms with E-state index in [0.29, 0.717) is 15.7 Å². The standard InChI is InChI=1S/C12H11ClN2OS/c1-7-5-10(17-8(7)2)12(16)15-11-6-9(13)3-4-14-11/h3-6H,1-2H3,(H,14,15,16). The molecule has 2 heterocycles. The number of carbonyl (C=O) groups is 1. The minimum Gasteiger partial charge on any atom is -0.306 e. The Morgan fingerprint density at radius 1 is 1.41 bits per heavy atom. The summed E-state index contributed by atoms with van der Waals surface area (Å²) in [6.45, 7) is 3.98. The van der Waals surface area contributed by atoms with E-state index in [-0.39, 0.29) is 5.91 Å². The zero-order valence-electron chi connectivity index (χ0n) is 9.45. The lowest BCUT2D eigenvalue weighted by Gasteiger charge is -2.02. The molecule has 17 heavy (non-hydrogen) atoms. The van der Waals surface area contributed by atoms with Gasteiger partial charge in [0.1, 0.15) is 5.82 Å². The van der Waals surface area contributed by atoms with E-state index in [2.05, 4.69) is 10.3 Å². The second kappa shape index (κ2) is 4.85. The molecular weight excluding hydrogens is 256 g/mol. The molecule has 0 aromatic carbocycles. The lowest BCUT2D eigenvalue weighted by molar-refractivity contribution is 0.103. The fourth-order valence-electron chi connectivity index (χ4n) is 1.34. The number of halogens is 1. The zero-order chi connectivity index (χ0) is 12.4. The molecule has 0 saturated carbocycles. The second-order valence-electron chi connectivity index (χ2n) is 3.66. The van der Waals surface area contributed by atoms with E-state index in [4.69, 9.17) is 11.6 Å². The van der Waals surface area contributed by atoms with Gasteiger partial charge in [-0.15, -0.1) is 11.3 Å². The van der Waals surface area contributed by atoms with Gasteiger partial charge in [0.05, 0.1) is 4.88 Å². The van der Waals surface area contributed by atoms with Gasteiger partial charge in [-0.05, 0) is 37.6 Å². The molecule has 88 valence electrons. The normalized spacial score (nSPS) is 10.3. The van der Waals surface area contributed by atoms with Crippen molar-refractivity contribution in [2.45, 2.75) is 13.8 Å². The number of pyridine rings is 1. The highest BCUT2D eigenvalue weighted by Crippen LogP contribution is 2.21. The van der Waals surface area contributed by atoms with Crippen molar-refractivity contribution in [3.8, 4) is 0 Å². The number of anilines is 1. The molecule has 0 aliphatic rings. The van der Waals surface area contributed by atoms with Gasteiger partial charge in [0, 0.05) is 16.1 Å². The molecule has 1 N–H and O–H groups in total. The van der Waals surface area contributed by atoms with Crippen LogP contribution in [0.15, 0.2) is 24.4 Å². The van der Waals surface area contributed by atoms with Gasteiger partial charge >= 0.3 is 0 Å². The van der Waals surface area contributed by atoms with E-state index >= 15 is 0 Å². The van der Waals surface area contributed by atoms with E-state index < -0.39 is 0 Å². The highest BCUT2D eigenvalue weighted by atomic mass is 35.5. The van der Waals surface area contributed by atoms with Crippen molar-refractivity contribution >= 4 is 34.7 Å². The zero-order valence-corrected chi connectivity index (χ0v) is 11.0. The number of hydrogen-bond acceptors (Lipinski definition) is 3. The van der Waals surface area contributed by atoms with Crippen LogP contribution in [-0.4, -0.2) is 10.9 Å². The molecule has 3 nitrogen and oxygen atoms in total. The average Bonchev–Trinajstić information content (AvgIpc) is 2.59. The molecule has 2 aromatic rings. The third-order valence-electron chi connectivity index (χ3n) is 2.35. The van der Waals surface area contributed by atoms with Crippen LogP contribution in [0.3, 0.4) is 0 Å². The molecule has 2 rings (SSSR count). The Kier molecular flexibility index (Phi) is 3.45. The Morgan fingerprint density at radius 2 is 2.18 bits per heavy atom. The Hall–Kier alpha value is -1.39. The summed E-state index contributed by atoms with van der Waals surface area (Å²) in [6.07, 6.45) is 1.56. The molecule has 0 aliphatic heterocycles. The van der Waals surface area contributed by atoms with Gasteiger partial charge in [0.25, 0.3) is 5.91 Å². The molecule has 0 spiro atoms. The summed E-state index contributed by atoms with van der Waals surface area (Å²) in [4.78, 5) is 17.8. The van der Waals surface area contributed by atoms with Crippen LogP contribution in [0.2, 0.25) is 5.02 Å². The van der Waals surface area contributed by atoms with E-state index in [1.54, 1.807) is 18.3 Å². The van der Waals surface area contributed by atoms with Crippen molar-refractivity contribution in [3.05, 3.63) is 44.7 Å². The lowest BCUT2D eigenvalue weighted by Crippen LogP contribution is -2.11. The molecule has 0 radical (unpaired) electrons. The van der Waals surface area contributed by atoms with Gasteiger partial charge in [0.2, 0.25) is 0 Å².